The van der Waals surface area contributed by atoms with E-state index >= 15 is 0 Å². The Morgan fingerprint density at radius 2 is 1.71 bits per heavy atom. The monoisotopic (exact) mass is 491 g/mol. The van der Waals surface area contributed by atoms with Gasteiger partial charge in [0.15, 0.2) is 11.5 Å². The molecule has 5 nitrogen and oxygen atoms in total. The molecule has 174 valence electrons. The molecule has 0 N–H and O–H groups in total. The van der Waals surface area contributed by atoms with Crippen molar-refractivity contribution in [2.75, 3.05) is 13.7 Å². The molecule has 3 aromatic carbocycles. The highest BCUT2D eigenvalue weighted by atomic mass is 32.2. The van der Waals surface area contributed by atoms with Crippen molar-refractivity contribution in [3.63, 3.8) is 0 Å². The number of hydrogen-bond donors (Lipinski definition) is 0. The van der Waals surface area contributed by atoms with Gasteiger partial charge in [0, 0.05) is 0 Å². The van der Waals surface area contributed by atoms with Crippen LogP contribution in [0.15, 0.2) is 77.7 Å². The highest BCUT2D eigenvalue weighted by Crippen LogP contribution is 2.36. The van der Waals surface area contributed by atoms with Crippen LogP contribution in [0, 0.1) is 0 Å². The molecule has 1 saturated heterocycles. The van der Waals surface area contributed by atoms with Gasteiger partial charge in [-0.2, -0.15) is 0 Å². The molecule has 1 amide bonds. The third kappa shape index (κ3) is 5.79. The Kier molecular flexibility index (Phi) is 7.87. The molecule has 3 aromatic rings. The third-order valence-electron chi connectivity index (χ3n) is 5.18. The Bertz CT molecular complexity index is 1190. The quantitative estimate of drug-likeness (QED) is 0.267. The number of amides is 1. The molecule has 34 heavy (non-hydrogen) atoms. The lowest BCUT2D eigenvalue weighted by Crippen LogP contribution is -2.27. The van der Waals surface area contributed by atoms with Crippen molar-refractivity contribution >= 4 is 40.3 Å². The van der Waals surface area contributed by atoms with Crippen molar-refractivity contribution in [1.82, 2.24) is 4.90 Å². The summed E-state index contributed by atoms with van der Waals surface area (Å²) in [5, 5.41) is 0. The van der Waals surface area contributed by atoms with E-state index < -0.39 is 0 Å². The van der Waals surface area contributed by atoms with E-state index in [1.165, 1.54) is 11.8 Å². The van der Waals surface area contributed by atoms with E-state index in [9.17, 15) is 4.79 Å². The molecule has 7 heteroatoms. The Labute approximate surface area is 209 Å². The summed E-state index contributed by atoms with van der Waals surface area (Å²) in [7, 11) is 1.63. The summed E-state index contributed by atoms with van der Waals surface area (Å²) in [6.07, 6.45) is 1.84. The van der Waals surface area contributed by atoms with Crippen LogP contribution >= 0.6 is 24.0 Å². The Morgan fingerprint density at radius 3 is 2.41 bits per heavy atom. The second-order valence-electron chi connectivity index (χ2n) is 7.53. The molecule has 0 radical (unpaired) electrons. The molecule has 1 aliphatic heterocycles. The molecule has 0 aliphatic carbocycles. The normalized spacial score (nSPS) is 14.5. The molecular weight excluding hydrogens is 466 g/mol. The van der Waals surface area contributed by atoms with Crippen LogP contribution in [0.4, 0.5) is 0 Å². The van der Waals surface area contributed by atoms with E-state index in [4.69, 9.17) is 26.4 Å². The fourth-order valence-corrected chi connectivity index (χ4v) is 4.69. The van der Waals surface area contributed by atoms with Crippen molar-refractivity contribution < 1.29 is 19.0 Å². The molecule has 1 fully saturated rings. The van der Waals surface area contributed by atoms with Crippen LogP contribution in [-0.4, -0.2) is 28.8 Å². The van der Waals surface area contributed by atoms with Gasteiger partial charge in [0.1, 0.15) is 16.7 Å². The molecule has 0 bridgehead atoms. The van der Waals surface area contributed by atoms with Crippen LogP contribution in [-0.2, 0) is 17.9 Å². The molecule has 4 rings (SSSR count). The van der Waals surface area contributed by atoms with E-state index in [0.29, 0.717) is 40.5 Å². The molecule has 0 atom stereocenters. The lowest BCUT2D eigenvalue weighted by molar-refractivity contribution is -0.122. The summed E-state index contributed by atoms with van der Waals surface area (Å²) in [5.74, 6) is 1.97. The van der Waals surface area contributed by atoms with Gasteiger partial charge in [0.25, 0.3) is 5.91 Å². The van der Waals surface area contributed by atoms with Crippen LogP contribution in [0.25, 0.3) is 6.08 Å². The zero-order chi connectivity index (χ0) is 23.9. The van der Waals surface area contributed by atoms with Crippen molar-refractivity contribution in [3.05, 3.63) is 94.4 Å². The van der Waals surface area contributed by atoms with Gasteiger partial charge in [0.05, 0.1) is 25.2 Å². The van der Waals surface area contributed by atoms with Crippen LogP contribution in [0.3, 0.4) is 0 Å². The summed E-state index contributed by atoms with van der Waals surface area (Å²) in [6, 6.07) is 23.3. The number of carbonyl (C=O) groups excluding carboxylic acids is 1. The lowest BCUT2D eigenvalue weighted by atomic mass is 10.1. The summed E-state index contributed by atoms with van der Waals surface area (Å²) in [4.78, 5) is 15.3. The zero-order valence-corrected chi connectivity index (χ0v) is 20.7. The summed E-state index contributed by atoms with van der Waals surface area (Å²) in [6.45, 7) is 3.31. The molecule has 0 saturated carbocycles. The Hall–Kier alpha value is -3.29. The van der Waals surface area contributed by atoms with E-state index in [1.54, 1.807) is 12.0 Å². The molecule has 1 aliphatic rings. The average Bonchev–Trinajstić information content (AvgIpc) is 3.12. The second kappa shape index (κ2) is 11.2. The second-order valence-corrected chi connectivity index (χ2v) is 9.21. The first-order valence-corrected chi connectivity index (χ1v) is 12.1. The molecule has 0 unspecified atom stereocenters. The summed E-state index contributed by atoms with van der Waals surface area (Å²) < 4.78 is 17.5. The highest BCUT2D eigenvalue weighted by molar-refractivity contribution is 8.26. The fourth-order valence-electron chi connectivity index (χ4n) is 3.44. The number of nitrogens with zero attached hydrogens (tertiary/aromatic N) is 1. The first-order valence-electron chi connectivity index (χ1n) is 10.9. The summed E-state index contributed by atoms with van der Waals surface area (Å²) >= 11 is 6.79. The maximum absolute atomic E-state index is 13.1. The van der Waals surface area contributed by atoms with Gasteiger partial charge >= 0.3 is 0 Å². The van der Waals surface area contributed by atoms with E-state index in [-0.39, 0.29) is 5.91 Å². The van der Waals surface area contributed by atoms with Crippen molar-refractivity contribution in [2.45, 2.75) is 20.1 Å². The number of benzene rings is 3. The maximum Gasteiger partial charge on any atom is 0.266 e. The molecule has 1 heterocycles. The fraction of sp³-hybridized carbons (Fsp3) is 0.185. The highest BCUT2D eigenvalue weighted by Gasteiger charge is 2.32. The predicted molar refractivity (Wildman–Crippen MR) is 140 cm³/mol. The van der Waals surface area contributed by atoms with Crippen LogP contribution in [0.2, 0.25) is 0 Å². The topological polar surface area (TPSA) is 48.0 Å². The minimum Gasteiger partial charge on any atom is -0.497 e. The van der Waals surface area contributed by atoms with Gasteiger partial charge in [-0.1, -0.05) is 72.5 Å². The number of hydrogen-bond acceptors (Lipinski definition) is 6. The number of thiocarbonyl (C=S) groups is 1. The minimum absolute atomic E-state index is 0.104. The van der Waals surface area contributed by atoms with Gasteiger partial charge in [-0.15, -0.1) is 0 Å². The standard InChI is InChI=1S/C27H25NO4S2/c1-3-31-24-15-21(11-14-23(24)32-18-20-7-5-4-6-8-20)16-25-26(29)28(27(33)34-25)17-19-9-12-22(30-2)13-10-19/h4-16H,3,17-18H2,1-2H3/b25-16+. The van der Waals surface area contributed by atoms with Crippen LogP contribution in [0.1, 0.15) is 23.6 Å². The Morgan fingerprint density at radius 1 is 0.941 bits per heavy atom. The molecular formula is C27H25NO4S2. The third-order valence-corrected chi connectivity index (χ3v) is 6.55. The van der Waals surface area contributed by atoms with Gasteiger partial charge in [0.2, 0.25) is 0 Å². The number of methoxy groups -OCH3 is 1. The Balaban J connectivity index is 1.49. The number of rotatable bonds is 9. The average molecular weight is 492 g/mol. The lowest BCUT2D eigenvalue weighted by Gasteiger charge is -2.14. The zero-order valence-electron chi connectivity index (χ0n) is 19.0. The SMILES string of the molecule is CCOc1cc(/C=C2/SC(=S)N(Cc3ccc(OC)cc3)C2=O)ccc1OCc1ccccc1. The van der Waals surface area contributed by atoms with Crippen LogP contribution < -0.4 is 14.2 Å². The predicted octanol–water partition coefficient (Wildman–Crippen LogP) is 6.07. The largest absolute Gasteiger partial charge is 0.497 e. The first-order chi connectivity index (χ1) is 16.6. The molecule has 0 aromatic heterocycles. The van der Waals surface area contributed by atoms with Crippen molar-refractivity contribution in [2.24, 2.45) is 0 Å². The minimum atomic E-state index is -0.104. The number of carbonyl (C=O) groups is 1. The number of ether oxygens (including phenoxy) is 3. The van der Waals surface area contributed by atoms with E-state index in [1.807, 2.05) is 85.8 Å². The first kappa shape index (κ1) is 23.9. The smallest absolute Gasteiger partial charge is 0.266 e. The number of thioether (sulfide) groups is 1. The van der Waals surface area contributed by atoms with Crippen molar-refractivity contribution in [1.29, 1.82) is 0 Å². The van der Waals surface area contributed by atoms with Gasteiger partial charge < -0.3 is 14.2 Å². The van der Waals surface area contributed by atoms with Gasteiger partial charge in [-0.25, -0.2) is 0 Å². The van der Waals surface area contributed by atoms with E-state index in [0.717, 1.165) is 22.4 Å². The van der Waals surface area contributed by atoms with Gasteiger partial charge in [-0.05, 0) is 54.0 Å². The van der Waals surface area contributed by atoms with Gasteiger partial charge in [-0.3, -0.25) is 9.69 Å². The molecule has 0 spiro atoms. The van der Waals surface area contributed by atoms with E-state index in [2.05, 4.69) is 0 Å². The van der Waals surface area contributed by atoms with Crippen LogP contribution in [0.5, 0.6) is 17.2 Å². The maximum atomic E-state index is 13.1. The summed E-state index contributed by atoms with van der Waals surface area (Å²) in [5.41, 5.74) is 2.91. The van der Waals surface area contributed by atoms with Crippen molar-refractivity contribution in [3.8, 4) is 17.2 Å².